The van der Waals surface area contributed by atoms with Crippen LogP contribution < -0.4 is 9.64 Å². The van der Waals surface area contributed by atoms with Crippen molar-refractivity contribution in [1.82, 2.24) is 10.2 Å². The monoisotopic (exact) mass is 489 g/mol. The molecule has 0 spiro atoms. The van der Waals surface area contributed by atoms with E-state index in [1.807, 2.05) is 6.92 Å². The number of aliphatic hydroxyl groups excluding tert-OH is 1. The number of halogens is 2. The fourth-order valence-electron chi connectivity index (χ4n) is 3.44. The highest BCUT2D eigenvalue weighted by atomic mass is 35.5. The summed E-state index contributed by atoms with van der Waals surface area (Å²) >= 11 is 13.4. The molecule has 2 heterocycles. The van der Waals surface area contributed by atoms with Crippen LogP contribution in [0.3, 0.4) is 0 Å². The maximum atomic E-state index is 13.1. The zero-order chi connectivity index (χ0) is 23.0. The van der Waals surface area contributed by atoms with E-state index in [0.29, 0.717) is 33.5 Å². The summed E-state index contributed by atoms with van der Waals surface area (Å²) in [5.74, 6) is -1.34. The van der Waals surface area contributed by atoms with Crippen LogP contribution in [0.1, 0.15) is 29.1 Å². The van der Waals surface area contributed by atoms with Gasteiger partial charge in [-0.3, -0.25) is 14.5 Å². The highest BCUT2D eigenvalue weighted by Gasteiger charge is 2.48. The molecule has 164 valence electrons. The molecule has 0 bridgehead atoms. The van der Waals surface area contributed by atoms with Gasteiger partial charge in [-0.05, 0) is 55.8 Å². The highest BCUT2D eigenvalue weighted by molar-refractivity contribution is 7.15. The molecule has 3 aromatic rings. The number of hydrogen-bond donors (Lipinski definition) is 1. The third kappa shape index (κ3) is 3.97. The van der Waals surface area contributed by atoms with Crippen molar-refractivity contribution >= 4 is 57.1 Å². The van der Waals surface area contributed by atoms with Gasteiger partial charge in [0.25, 0.3) is 5.78 Å². The standard InChI is InChI=1S/C22H17Cl2N3O4S/c1-3-31-14-7-4-12(5-8-14)19(28)17-18(13-6-9-15(23)16(24)10-13)27(21(30)20(17)29)22-26-25-11(2)32-22/h4-10,18,28H,3H2,1-2H3/b19-17+. The van der Waals surface area contributed by atoms with E-state index >= 15 is 0 Å². The van der Waals surface area contributed by atoms with Crippen molar-refractivity contribution in [3.05, 3.63) is 74.2 Å². The molecule has 1 fully saturated rings. The molecule has 1 unspecified atom stereocenters. The molecule has 0 aliphatic carbocycles. The van der Waals surface area contributed by atoms with Gasteiger partial charge in [0.1, 0.15) is 16.5 Å². The second kappa shape index (κ2) is 8.90. The molecule has 32 heavy (non-hydrogen) atoms. The van der Waals surface area contributed by atoms with Crippen LogP contribution in [-0.4, -0.2) is 33.6 Å². The van der Waals surface area contributed by atoms with Gasteiger partial charge >= 0.3 is 5.91 Å². The Balaban J connectivity index is 1.90. The molecule has 4 rings (SSSR count). The van der Waals surface area contributed by atoms with Gasteiger partial charge in [0.2, 0.25) is 5.13 Å². The second-order valence-electron chi connectivity index (χ2n) is 6.90. The molecule has 0 radical (unpaired) electrons. The first kappa shape index (κ1) is 22.3. The number of benzene rings is 2. The van der Waals surface area contributed by atoms with E-state index in [1.165, 1.54) is 4.90 Å². The topological polar surface area (TPSA) is 92.6 Å². The normalized spacial score (nSPS) is 17.8. The van der Waals surface area contributed by atoms with E-state index in [-0.39, 0.29) is 21.5 Å². The summed E-state index contributed by atoms with van der Waals surface area (Å²) in [5, 5.41) is 20.5. The lowest BCUT2D eigenvalue weighted by Crippen LogP contribution is -2.29. The van der Waals surface area contributed by atoms with Crippen LogP contribution in [0.15, 0.2) is 48.0 Å². The van der Waals surface area contributed by atoms with Gasteiger partial charge in [-0.25, -0.2) is 0 Å². The van der Waals surface area contributed by atoms with E-state index in [9.17, 15) is 14.7 Å². The summed E-state index contributed by atoms with van der Waals surface area (Å²) in [5.41, 5.74) is 0.786. The Morgan fingerprint density at radius 3 is 2.44 bits per heavy atom. The summed E-state index contributed by atoms with van der Waals surface area (Å²) in [6, 6.07) is 10.4. The van der Waals surface area contributed by atoms with Gasteiger partial charge in [0.05, 0.1) is 28.3 Å². The Bertz CT molecular complexity index is 1240. The third-order valence-corrected chi connectivity index (χ3v) is 6.44. The quantitative estimate of drug-likeness (QED) is 0.301. The van der Waals surface area contributed by atoms with E-state index in [4.69, 9.17) is 27.9 Å². The lowest BCUT2D eigenvalue weighted by Gasteiger charge is -2.23. The molecule has 1 amide bonds. The average Bonchev–Trinajstić information content (AvgIpc) is 3.31. The van der Waals surface area contributed by atoms with E-state index in [0.717, 1.165) is 11.3 Å². The van der Waals surface area contributed by atoms with E-state index < -0.39 is 17.7 Å². The lowest BCUT2D eigenvalue weighted by atomic mass is 9.95. The van der Waals surface area contributed by atoms with Gasteiger partial charge in [-0.15, -0.1) is 10.2 Å². The van der Waals surface area contributed by atoms with Crippen molar-refractivity contribution in [2.24, 2.45) is 0 Å². The minimum atomic E-state index is -0.955. The smallest absolute Gasteiger partial charge is 0.301 e. The summed E-state index contributed by atoms with van der Waals surface area (Å²) in [7, 11) is 0. The molecule has 1 atom stereocenters. The second-order valence-corrected chi connectivity index (χ2v) is 8.88. The molecular weight excluding hydrogens is 473 g/mol. The Labute approximate surface area is 197 Å². The van der Waals surface area contributed by atoms with Crippen molar-refractivity contribution in [2.75, 3.05) is 11.5 Å². The number of ether oxygens (including phenoxy) is 1. The van der Waals surface area contributed by atoms with Crippen LogP contribution in [0, 0.1) is 6.92 Å². The summed E-state index contributed by atoms with van der Waals surface area (Å²) < 4.78 is 5.43. The zero-order valence-electron chi connectivity index (χ0n) is 17.0. The summed E-state index contributed by atoms with van der Waals surface area (Å²) in [6.45, 7) is 4.10. The number of Topliss-reactive ketones (excluding diaryl/α,β-unsaturated/α-hetero) is 1. The molecule has 1 aliphatic rings. The number of aromatic nitrogens is 2. The van der Waals surface area contributed by atoms with Gasteiger partial charge in [0, 0.05) is 5.56 Å². The first-order valence-electron chi connectivity index (χ1n) is 9.61. The van der Waals surface area contributed by atoms with E-state index in [1.54, 1.807) is 49.4 Å². The van der Waals surface area contributed by atoms with Crippen LogP contribution >= 0.6 is 34.5 Å². The highest BCUT2D eigenvalue weighted by Crippen LogP contribution is 2.44. The largest absolute Gasteiger partial charge is 0.507 e. The number of nitrogens with zero attached hydrogens (tertiary/aromatic N) is 3. The lowest BCUT2D eigenvalue weighted by molar-refractivity contribution is -0.132. The minimum Gasteiger partial charge on any atom is -0.507 e. The van der Waals surface area contributed by atoms with Crippen molar-refractivity contribution in [1.29, 1.82) is 0 Å². The number of carbonyl (C=O) groups excluding carboxylic acids is 2. The van der Waals surface area contributed by atoms with Crippen molar-refractivity contribution in [3.8, 4) is 5.75 Å². The summed E-state index contributed by atoms with van der Waals surface area (Å²) in [4.78, 5) is 27.3. The first-order valence-corrected chi connectivity index (χ1v) is 11.2. The molecule has 10 heteroatoms. The third-order valence-electron chi connectivity index (χ3n) is 4.86. The van der Waals surface area contributed by atoms with Crippen LogP contribution in [0.2, 0.25) is 10.0 Å². The van der Waals surface area contributed by atoms with E-state index in [2.05, 4.69) is 10.2 Å². The van der Waals surface area contributed by atoms with Gasteiger partial charge < -0.3 is 9.84 Å². The fraction of sp³-hybridized carbons (Fsp3) is 0.182. The number of rotatable bonds is 5. The maximum absolute atomic E-state index is 13.1. The Morgan fingerprint density at radius 2 is 1.84 bits per heavy atom. The molecule has 2 aromatic carbocycles. The summed E-state index contributed by atoms with van der Waals surface area (Å²) in [6.07, 6.45) is 0. The Morgan fingerprint density at radius 1 is 1.12 bits per heavy atom. The first-order chi connectivity index (χ1) is 15.3. The SMILES string of the molecule is CCOc1ccc(/C(O)=C2\C(=O)C(=O)N(c3nnc(C)s3)C2c2ccc(Cl)c(Cl)c2)cc1. The predicted molar refractivity (Wildman–Crippen MR) is 124 cm³/mol. The van der Waals surface area contributed by atoms with Crippen LogP contribution in [0.25, 0.3) is 5.76 Å². The zero-order valence-corrected chi connectivity index (χ0v) is 19.3. The molecule has 1 aromatic heterocycles. The molecule has 1 aliphatic heterocycles. The maximum Gasteiger partial charge on any atom is 0.301 e. The van der Waals surface area contributed by atoms with Crippen molar-refractivity contribution in [2.45, 2.75) is 19.9 Å². The van der Waals surface area contributed by atoms with Crippen LogP contribution in [0.5, 0.6) is 5.75 Å². The number of ketones is 1. The molecule has 1 saturated heterocycles. The number of hydrogen-bond acceptors (Lipinski definition) is 7. The molecule has 7 nitrogen and oxygen atoms in total. The molecule has 1 N–H and O–H groups in total. The average molecular weight is 490 g/mol. The van der Waals surface area contributed by atoms with Gasteiger partial charge in [-0.2, -0.15) is 0 Å². The van der Waals surface area contributed by atoms with Gasteiger partial charge in [-0.1, -0.05) is 40.6 Å². The minimum absolute atomic E-state index is 0.0783. The van der Waals surface area contributed by atoms with Crippen LogP contribution in [0.4, 0.5) is 5.13 Å². The Kier molecular flexibility index (Phi) is 6.19. The number of anilines is 1. The van der Waals surface area contributed by atoms with Gasteiger partial charge in [0.15, 0.2) is 0 Å². The fourth-order valence-corrected chi connectivity index (χ4v) is 4.46. The van der Waals surface area contributed by atoms with Crippen LogP contribution in [-0.2, 0) is 9.59 Å². The van der Waals surface area contributed by atoms with Crippen molar-refractivity contribution < 1.29 is 19.4 Å². The number of carbonyl (C=O) groups is 2. The Hall–Kier alpha value is -2.94. The number of amides is 1. The molecular formula is C22H17Cl2N3O4S. The van der Waals surface area contributed by atoms with Crippen molar-refractivity contribution in [3.63, 3.8) is 0 Å². The number of aliphatic hydroxyl groups is 1. The number of aryl methyl sites for hydroxylation is 1. The molecule has 0 saturated carbocycles. The predicted octanol–water partition coefficient (Wildman–Crippen LogP) is 5.18.